The van der Waals surface area contributed by atoms with Crippen molar-refractivity contribution in [3.8, 4) is 17.2 Å². The predicted octanol–water partition coefficient (Wildman–Crippen LogP) is 4.77. The highest BCUT2D eigenvalue weighted by atomic mass is 16.5. The number of ether oxygens (including phenoxy) is 1. The molecule has 3 aromatic carbocycles. The molecule has 4 aromatic rings. The van der Waals surface area contributed by atoms with Crippen LogP contribution in [-0.2, 0) is 6.54 Å². The number of rotatable bonds is 5. The topological polar surface area (TPSA) is 58.8 Å². The fourth-order valence-corrected chi connectivity index (χ4v) is 4.41. The number of carbonyl (C=O) groups is 1. The summed E-state index contributed by atoms with van der Waals surface area (Å²) in [5.74, 6) is 2.13. The molecule has 168 valence electrons. The lowest BCUT2D eigenvalue weighted by atomic mass is 10.0. The number of fused-ring (bicyclic) bond motifs is 1. The quantitative estimate of drug-likeness (QED) is 0.447. The summed E-state index contributed by atoms with van der Waals surface area (Å²) in [7, 11) is 1.59. The average molecular weight is 442 g/mol. The first-order valence-electron chi connectivity index (χ1n) is 11.2. The molecule has 2 heterocycles. The second kappa shape index (κ2) is 9.08. The molecule has 6 nitrogen and oxygen atoms in total. The first-order chi connectivity index (χ1) is 16.1. The largest absolute Gasteiger partial charge is 0.496 e. The van der Waals surface area contributed by atoms with Gasteiger partial charge in [-0.25, -0.2) is 4.98 Å². The van der Waals surface area contributed by atoms with E-state index in [-0.39, 0.29) is 5.91 Å². The van der Waals surface area contributed by atoms with Crippen molar-refractivity contribution in [2.75, 3.05) is 33.3 Å². The van der Waals surface area contributed by atoms with E-state index in [2.05, 4.69) is 29.2 Å². The van der Waals surface area contributed by atoms with Crippen LogP contribution < -0.4 is 4.74 Å². The Morgan fingerprint density at radius 2 is 1.70 bits per heavy atom. The summed E-state index contributed by atoms with van der Waals surface area (Å²) in [6.45, 7) is 5.59. The fourth-order valence-electron chi connectivity index (χ4n) is 4.41. The first-order valence-corrected chi connectivity index (χ1v) is 11.2. The van der Waals surface area contributed by atoms with Crippen molar-refractivity contribution in [3.63, 3.8) is 0 Å². The molecular formula is C27H27N3O3. The van der Waals surface area contributed by atoms with E-state index in [0.29, 0.717) is 36.8 Å². The number of hydrogen-bond donors (Lipinski definition) is 0. The molecule has 0 saturated carbocycles. The van der Waals surface area contributed by atoms with Gasteiger partial charge in [-0.15, -0.1) is 0 Å². The number of aryl methyl sites for hydroxylation is 1. The Balaban J connectivity index is 1.27. The normalized spacial score (nSPS) is 14.5. The third-order valence-electron chi connectivity index (χ3n) is 6.28. The van der Waals surface area contributed by atoms with Crippen LogP contribution in [0.4, 0.5) is 0 Å². The van der Waals surface area contributed by atoms with Crippen LogP contribution >= 0.6 is 0 Å². The van der Waals surface area contributed by atoms with Gasteiger partial charge in [0.2, 0.25) is 5.89 Å². The van der Waals surface area contributed by atoms with Gasteiger partial charge < -0.3 is 14.1 Å². The lowest BCUT2D eigenvalue weighted by molar-refractivity contribution is 0.0623. The summed E-state index contributed by atoms with van der Waals surface area (Å²) in [4.78, 5) is 22.0. The van der Waals surface area contributed by atoms with Gasteiger partial charge in [-0.3, -0.25) is 9.69 Å². The maximum atomic E-state index is 13.0. The lowest BCUT2D eigenvalue weighted by Gasteiger charge is -2.34. The van der Waals surface area contributed by atoms with Gasteiger partial charge in [0.15, 0.2) is 0 Å². The van der Waals surface area contributed by atoms with Crippen LogP contribution in [0.15, 0.2) is 71.1 Å². The van der Waals surface area contributed by atoms with Gasteiger partial charge in [0, 0.05) is 38.3 Å². The molecule has 1 saturated heterocycles. The molecule has 5 rings (SSSR count). The van der Waals surface area contributed by atoms with Gasteiger partial charge in [-0.2, -0.15) is 0 Å². The number of nitrogens with zero attached hydrogens (tertiary/aromatic N) is 3. The highest BCUT2D eigenvalue weighted by molar-refractivity contribution is 5.97. The zero-order chi connectivity index (χ0) is 22.8. The number of aromatic nitrogens is 1. The molecule has 1 aliphatic rings. The van der Waals surface area contributed by atoms with E-state index < -0.39 is 0 Å². The minimum atomic E-state index is 0.0166. The Labute approximate surface area is 193 Å². The molecule has 0 spiro atoms. The highest BCUT2D eigenvalue weighted by Gasteiger charge is 2.25. The van der Waals surface area contributed by atoms with Crippen molar-refractivity contribution < 1.29 is 13.9 Å². The van der Waals surface area contributed by atoms with Crippen molar-refractivity contribution >= 4 is 16.7 Å². The van der Waals surface area contributed by atoms with Crippen LogP contribution in [0.1, 0.15) is 21.8 Å². The Hall–Kier alpha value is -3.64. The van der Waals surface area contributed by atoms with Gasteiger partial charge in [0.1, 0.15) is 11.5 Å². The Kier molecular flexibility index (Phi) is 5.84. The zero-order valence-electron chi connectivity index (χ0n) is 19.0. The summed E-state index contributed by atoms with van der Waals surface area (Å²) in [6, 6.07) is 21.8. The molecule has 1 aromatic heterocycles. The van der Waals surface area contributed by atoms with Gasteiger partial charge in [-0.05, 0) is 35.9 Å². The molecule has 1 fully saturated rings. The van der Waals surface area contributed by atoms with Crippen LogP contribution in [0, 0.1) is 6.92 Å². The molecule has 0 bridgehead atoms. The van der Waals surface area contributed by atoms with E-state index in [0.717, 1.165) is 35.5 Å². The summed E-state index contributed by atoms with van der Waals surface area (Å²) < 4.78 is 11.4. The molecule has 0 aliphatic carbocycles. The van der Waals surface area contributed by atoms with Crippen LogP contribution in [0.2, 0.25) is 0 Å². The number of amides is 1. The van der Waals surface area contributed by atoms with E-state index in [9.17, 15) is 4.79 Å². The van der Waals surface area contributed by atoms with Crippen molar-refractivity contribution in [2.24, 2.45) is 0 Å². The minimum absolute atomic E-state index is 0.0166. The number of hydrogen-bond acceptors (Lipinski definition) is 5. The second-order valence-corrected chi connectivity index (χ2v) is 8.32. The van der Waals surface area contributed by atoms with E-state index >= 15 is 0 Å². The van der Waals surface area contributed by atoms with Crippen molar-refractivity contribution in [3.05, 3.63) is 83.7 Å². The standard InChI is InChI=1S/C27H27N3O3/c1-19-24(28-26(33-19)22-12-7-9-20-8-3-4-10-21(20)22)18-29-14-16-30(17-15-29)27(31)23-11-5-6-13-25(23)32-2/h3-13H,14-18H2,1-2H3. The lowest BCUT2D eigenvalue weighted by Crippen LogP contribution is -2.48. The molecule has 6 heteroatoms. The molecule has 0 unspecified atom stereocenters. The van der Waals surface area contributed by atoms with Crippen LogP contribution in [0.25, 0.3) is 22.2 Å². The highest BCUT2D eigenvalue weighted by Crippen LogP contribution is 2.30. The van der Waals surface area contributed by atoms with Gasteiger partial charge >= 0.3 is 0 Å². The maximum Gasteiger partial charge on any atom is 0.257 e. The van der Waals surface area contributed by atoms with Gasteiger partial charge in [-0.1, -0.05) is 48.5 Å². The van der Waals surface area contributed by atoms with E-state index in [1.165, 1.54) is 5.39 Å². The summed E-state index contributed by atoms with van der Waals surface area (Å²) in [6.07, 6.45) is 0. The SMILES string of the molecule is COc1ccccc1C(=O)N1CCN(Cc2nc(-c3cccc4ccccc34)oc2C)CC1. The zero-order valence-corrected chi connectivity index (χ0v) is 19.0. The van der Waals surface area contributed by atoms with Gasteiger partial charge in [0.25, 0.3) is 5.91 Å². The number of methoxy groups -OCH3 is 1. The Morgan fingerprint density at radius 3 is 2.52 bits per heavy atom. The maximum absolute atomic E-state index is 13.0. The first kappa shape index (κ1) is 21.2. The van der Waals surface area contributed by atoms with E-state index in [1.54, 1.807) is 7.11 Å². The van der Waals surface area contributed by atoms with Crippen molar-refractivity contribution in [1.29, 1.82) is 0 Å². The monoisotopic (exact) mass is 441 g/mol. The molecule has 33 heavy (non-hydrogen) atoms. The summed E-state index contributed by atoms with van der Waals surface area (Å²) >= 11 is 0. The minimum Gasteiger partial charge on any atom is -0.496 e. The van der Waals surface area contributed by atoms with E-state index in [4.69, 9.17) is 14.1 Å². The predicted molar refractivity (Wildman–Crippen MR) is 128 cm³/mol. The third-order valence-corrected chi connectivity index (χ3v) is 6.28. The van der Waals surface area contributed by atoms with Crippen molar-refractivity contribution in [2.45, 2.75) is 13.5 Å². The Morgan fingerprint density at radius 1 is 0.970 bits per heavy atom. The van der Waals surface area contributed by atoms with Crippen molar-refractivity contribution in [1.82, 2.24) is 14.8 Å². The average Bonchev–Trinajstić information content (AvgIpc) is 3.23. The third kappa shape index (κ3) is 4.22. The fraction of sp³-hybridized carbons (Fsp3) is 0.259. The molecule has 0 N–H and O–H groups in total. The molecule has 0 atom stereocenters. The number of oxazole rings is 1. The van der Waals surface area contributed by atoms with Gasteiger partial charge in [0.05, 0.1) is 18.4 Å². The summed E-state index contributed by atoms with van der Waals surface area (Å²) in [5, 5.41) is 2.31. The van der Waals surface area contributed by atoms with Crippen LogP contribution in [0.3, 0.4) is 0 Å². The number of para-hydroxylation sites is 1. The molecule has 0 radical (unpaired) electrons. The Bertz CT molecular complexity index is 1280. The number of carbonyl (C=O) groups excluding carboxylic acids is 1. The smallest absolute Gasteiger partial charge is 0.257 e. The molecule has 1 aliphatic heterocycles. The summed E-state index contributed by atoms with van der Waals surface area (Å²) in [5.41, 5.74) is 2.57. The molecular weight excluding hydrogens is 414 g/mol. The van der Waals surface area contributed by atoms with E-state index in [1.807, 2.05) is 54.3 Å². The number of benzene rings is 3. The second-order valence-electron chi connectivity index (χ2n) is 8.32. The molecule has 1 amide bonds. The number of piperazine rings is 1. The van der Waals surface area contributed by atoms with Crippen LogP contribution in [-0.4, -0.2) is 54.0 Å². The van der Waals surface area contributed by atoms with Crippen LogP contribution in [0.5, 0.6) is 5.75 Å².